The number of ether oxygens (including phenoxy) is 1. The maximum Gasteiger partial charge on any atom is 0.248 e. The summed E-state index contributed by atoms with van der Waals surface area (Å²) in [4.78, 5) is 16.5. The zero-order valence-corrected chi connectivity index (χ0v) is 16.5. The van der Waals surface area contributed by atoms with Crippen LogP contribution in [-0.2, 0) is 17.6 Å². The molecule has 1 aliphatic rings. The Morgan fingerprint density at radius 3 is 2.89 bits per heavy atom. The number of carbonyl (C=O) groups is 1. The molecule has 144 valence electrons. The van der Waals surface area contributed by atoms with Crippen molar-refractivity contribution in [2.24, 2.45) is 0 Å². The van der Waals surface area contributed by atoms with Crippen LogP contribution in [0.1, 0.15) is 42.2 Å². The number of rotatable bonds is 4. The molecule has 3 aromatic rings. The molecule has 1 amide bonds. The molecule has 0 spiro atoms. The zero-order valence-electron chi connectivity index (χ0n) is 16.5. The fraction of sp³-hybridized carbons (Fsp3) is 0.304. The van der Waals surface area contributed by atoms with Crippen molar-refractivity contribution in [1.29, 1.82) is 0 Å². The minimum atomic E-state index is -0.195. The van der Waals surface area contributed by atoms with E-state index in [0.29, 0.717) is 5.69 Å². The number of nitrogens with zero attached hydrogens (tertiary/aromatic N) is 1. The standard InChI is InChI=1S/C23H24N2O3/c1-14(11-21(26)25-16-7-6-10-24-13-16)18-12-19-17-8-4-5-9-20(17)28-23(19)15(2)22(18)27-3/h6-7,10-13H,4-5,8-9H2,1-3H3,(H,25,26)/b14-11+. The van der Waals surface area contributed by atoms with Crippen molar-refractivity contribution in [3.63, 3.8) is 0 Å². The number of methoxy groups -OCH3 is 1. The molecule has 4 rings (SSSR count). The second-order valence-electron chi connectivity index (χ2n) is 7.23. The van der Waals surface area contributed by atoms with E-state index in [9.17, 15) is 4.79 Å². The topological polar surface area (TPSA) is 64.4 Å². The van der Waals surface area contributed by atoms with Gasteiger partial charge in [-0.2, -0.15) is 0 Å². The van der Waals surface area contributed by atoms with Crippen molar-refractivity contribution < 1.29 is 13.9 Å². The predicted molar refractivity (Wildman–Crippen MR) is 111 cm³/mol. The molecule has 0 bridgehead atoms. The van der Waals surface area contributed by atoms with Crippen molar-refractivity contribution in [3.05, 3.63) is 59.1 Å². The maximum absolute atomic E-state index is 12.5. The van der Waals surface area contributed by atoms with E-state index in [1.165, 1.54) is 18.4 Å². The Morgan fingerprint density at radius 2 is 2.14 bits per heavy atom. The van der Waals surface area contributed by atoms with Gasteiger partial charge in [-0.1, -0.05) is 0 Å². The van der Waals surface area contributed by atoms with Crippen molar-refractivity contribution in [1.82, 2.24) is 4.98 Å². The van der Waals surface area contributed by atoms with Gasteiger partial charge in [-0.25, -0.2) is 0 Å². The molecule has 1 aromatic carbocycles. The highest BCUT2D eigenvalue weighted by molar-refractivity contribution is 6.05. The van der Waals surface area contributed by atoms with E-state index < -0.39 is 0 Å². The first-order chi connectivity index (χ1) is 13.6. The maximum atomic E-state index is 12.5. The van der Waals surface area contributed by atoms with E-state index in [0.717, 1.165) is 52.0 Å². The summed E-state index contributed by atoms with van der Waals surface area (Å²) in [6.45, 7) is 3.95. The average molecular weight is 376 g/mol. The number of nitrogens with one attached hydrogen (secondary N) is 1. The molecule has 0 unspecified atom stereocenters. The molecule has 5 nitrogen and oxygen atoms in total. The first kappa shape index (κ1) is 18.3. The van der Waals surface area contributed by atoms with Crippen molar-refractivity contribution in [3.8, 4) is 5.75 Å². The molecule has 0 radical (unpaired) electrons. The third-order valence-electron chi connectivity index (χ3n) is 5.33. The Balaban J connectivity index is 1.75. The fourth-order valence-electron chi connectivity index (χ4n) is 3.98. The third-order valence-corrected chi connectivity index (χ3v) is 5.33. The molecule has 1 N–H and O–H groups in total. The molecule has 5 heteroatoms. The summed E-state index contributed by atoms with van der Waals surface area (Å²) < 4.78 is 11.9. The monoisotopic (exact) mass is 376 g/mol. The van der Waals surface area contributed by atoms with E-state index in [1.807, 2.05) is 19.9 Å². The lowest BCUT2D eigenvalue weighted by Crippen LogP contribution is -2.09. The number of furan rings is 1. The van der Waals surface area contributed by atoms with Crippen molar-refractivity contribution >= 4 is 28.1 Å². The third kappa shape index (κ3) is 3.28. The van der Waals surface area contributed by atoms with Gasteiger partial charge in [-0.15, -0.1) is 0 Å². The number of amides is 1. The van der Waals surface area contributed by atoms with Gasteiger partial charge in [-0.05, 0) is 56.9 Å². The van der Waals surface area contributed by atoms with E-state index in [-0.39, 0.29) is 5.91 Å². The first-order valence-electron chi connectivity index (χ1n) is 9.60. The number of hydrogen-bond donors (Lipinski definition) is 1. The van der Waals surface area contributed by atoms with E-state index in [1.54, 1.807) is 31.6 Å². The summed E-state index contributed by atoms with van der Waals surface area (Å²) in [5.41, 5.74) is 5.61. The minimum Gasteiger partial charge on any atom is -0.496 e. The number of fused-ring (bicyclic) bond motifs is 3. The minimum absolute atomic E-state index is 0.195. The number of allylic oxidation sites excluding steroid dienone is 1. The van der Waals surface area contributed by atoms with E-state index >= 15 is 0 Å². The lowest BCUT2D eigenvalue weighted by Gasteiger charge is -2.13. The molecule has 0 aliphatic heterocycles. The number of anilines is 1. The first-order valence-corrected chi connectivity index (χ1v) is 9.60. The van der Waals surface area contributed by atoms with Gasteiger partial charge in [-0.3, -0.25) is 9.78 Å². The van der Waals surface area contributed by atoms with Crippen LogP contribution in [0.3, 0.4) is 0 Å². The molecule has 0 saturated carbocycles. The fourth-order valence-corrected chi connectivity index (χ4v) is 3.98. The number of hydrogen-bond acceptors (Lipinski definition) is 4. The van der Waals surface area contributed by atoms with E-state index in [4.69, 9.17) is 9.15 Å². The Kier molecular flexibility index (Phi) is 4.90. The summed E-state index contributed by atoms with van der Waals surface area (Å²) in [5, 5.41) is 3.98. The van der Waals surface area contributed by atoms with Crippen LogP contribution in [0.5, 0.6) is 5.75 Å². The SMILES string of the molecule is COc1c(/C(C)=C/C(=O)Nc2cccnc2)cc2c3c(oc2c1C)CCCC3. The molecule has 0 saturated heterocycles. The van der Waals surface area contributed by atoms with Crippen LogP contribution in [0.4, 0.5) is 5.69 Å². The molecule has 2 aromatic heterocycles. The normalized spacial score (nSPS) is 14.0. The van der Waals surface area contributed by atoms with Gasteiger partial charge in [0.2, 0.25) is 5.91 Å². The lowest BCUT2D eigenvalue weighted by atomic mass is 9.93. The van der Waals surface area contributed by atoms with Crippen LogP contribution < -0.4 is 10.1 Å². The predicted octanol–water partition coefficient (Wildman–Crippen LogP) is 5.07. The summed E-state index contributed by atoms with van der Waals surface area (Å²) in [6.07, 6.45) is 9.28. The Hall–Kier alpha value is -3.08. The molecule has 28 heavy (non-hydrogen) atoms. The number of aromatic nitrogens is 1. The van der Waals surface area contributed by atoms with Crippen LogP contribution in [0, 0.1) is 6.92 Å². The second kappa shape index (κ2) is 7.50. The van der Waals surface area contributed by atoms with Gasteiger partial charge in [0.1, 0.15) is 17.1 Å². The largest absolute Gasteiger partial charge is 0.496 e. The number of aryl methyl sites for hydroxylation is 3. The summed E-state index contributed by atoms with van der Waals surface area (Å²) in [6, 6.07) is 5.70. The molecule has 1 aliphatic carbocycles. The van der Waals surface area contributed by atoms with Crippen LogP contribution >= 0.6 is 0 Å². The molecule has 0 atom stereocenters. The summed E-state index contributed by atoms with van der Waals surface area (Å²) in [5.74, 6) is 1.65. The number of pyridine rings is 1. The number of carbonyl (C=O) groups excluding carboxylic acids is 1. The van der Waals surface area contributed by atoms with E-state index in [2.05, 4.69) is 16.4 Å². The smallest absolute Gasteiger partial charge is 0.248 e. The summed E-state index contributed by atoms with van der Waals surface area (Å²) in [7, 11) is 1.66. The Morgan fingerprint density at radius 1 is 1.32 bits per heavy atom. The molecule has 2 heterocycles. The van der Waals surface area contributed by atoms with Gasteiger partial charge in [0.25, 0.3) is 0 Å². The molecular formula is C23H24N2O3. The second-order valence-corrected chi connectivity index (χ2v) is 7.23. The average Bonchev–Trinajstić information content (AvgIpc) is 3.07. The molecule has 0 fully saturated rings. The number of benzene rings is 1. The lowest BCUT2D eigenvalue weighted by molar-refractivity contribution is -0.111. The van der Waals surface area contributed by atoms with Gasteiger partial charge < -0.3 is 14.5 Å². The highest BCUT2D eigenvalue weighted by Crippen LogP contribution is 2.41. The van der Waals surface area contributed by atoms with Crippen LogP contribution in [0.15, 0.2) is 41.1 Å². The highest BCUT2D eigenvalue weighted by Gasteiger charge is 2.23. The highest BCUT2D eigenvalue weighted by atomic mass is 16.5. The van der Waals surface area contributed by atoms with Crippen LogP contribution in [-0.4, -0.2) is 18.0 Å². The van der Waals surface area contributed by atoms with Gasteiger partial charge in [0.05, 0.1) is 19.0 Å². The molecular weight excluding hydrogens is 352 g/mol. The van der Waals surface area contributed by atoms with Gasteiger partial charge >= 0.3 is 0 Å². The van der Waals surface area contributed by atoms with Gasteiger partial charge in [0.15, 0.2) is 0 Å². The van der Waals surface area contributed by atoms with Crippen LogP contribution in [0.2, 0.25) is 0 Å². The Labute approximate surface area is 164 Å². The Bertz CT molecular complexity index is 1060. The van der Waals surface area contributed by atoms with Crippen molar-refractivity contribution in [2.75, 3.05) is 12.4 Å². The quantitative estimate of drug-likeness (QED) is 0.646. The zero-order chi connectivity index (χ0) is 19.7. The summed E-state index contributed by atoms with van der Waals surface area (Å²) >= 11 is 0. The van der Waals surface area contributed by atoms with Crippen LogP contribution in [0.25, 0.3) is 16.5 Å². The van der Waals surface area contributed by atoms with Gasteiger partial charge in [0, 0.05) is 40.8 Å². The van der Waals surface area contributed by atoms with Crippen molar-refractivity contribution in [2.45, 2.75) is 39.5 Å².